The van der Waals surface area contributed by atoms with Crippen LogP contribution in [0.25, 0.3) is 0 Å². The third-order valence-electron chi connectivity index (χ3n) is 3.29. The van der Waals surface area contributed by atoms with Crippen molar-refractivity contribution in [2.24, 2.45) is 11.7 Å². The lowest BCUT2D eigenvalue weighted by atomic mass is 9.98. The fraction of sp³-hybridized carbons (Fsp3) is 0.923. The zero-order chi connectivity index (χ0) is 12.1. The number of rotatable bonds is 3. The lowest BCUT2D eigenvalue weighted by Gasteiger charge is -2.32. The Morgan fingerprint density at radius 3 is 2.56 bits per heavy atom. The van der Waals surface area contributed by atoms with Crippen molar-refractivity contribution in [1.29, 1.82) is 0 Å². The minimum Gasteiger partial charge on any atom is -0.338 e. The van der Waals surface area contributed by atoms with E-state index in [1.54, 1.807) is 6.92 Å². The van der Waals surface area contributed by atoms with Gasteiger partial charge in [-0.3, -0.25) is 4.79 Å². The average molecular weight is 226 g/mol. The number of nitrogens with zero attached hydrogens (tertiary/aromatic N) is 1. The van der Waals surface area contributed by atoms with E-state index in [4.69, 9.17) is 5.73 Å². The number of hydrogen-bond acceptors (Lipinski definition) is 2. The van der Waals surface area contributed by atoms with Crippen molar-refractivity contribution in [3.63, 3.8) is 0 Å². The Morgan fingerprint density at radius 2 is 2.00 bits per heavy atom. The normalized spacial score (nSPS) is 24.3. The Bertz CT molecular complexity index is 226. The second-order valence-corrected chi connectivity index (χ2v) is 5.45. The molecule has 0 aromatic carbocycles. The molecule has 0 spiro atoms. The van der Waals surface area contributed by atoms with Crippen LogP contribution in [0.5, 0.6) is 0 Å². The van der Waals surface area contributed by atoms with Crippen LogP contribution in [0.1, 0.15) is 52.9 Å². The van der Waals surface area contributed by atoms with Crippen molar-refractivity contribution in [2.45, 2.75) is 65.0 Å². The average Bonchev–Trinajstić information content (AvgIpc) is 2.41. The quantitative estimate of drug-likeness (QED) is 0.801. The predicted molar refractivity (Wildman–Crippen MR) is 67.1 cm³/mol. The zero-order valence-electron chi connectivity index (χ0n) is 10.9. The smallest absolute Gasteiger partial charge is 0.239 e. The van der Waals surface area contributed by atoms with Crippen molar-refractivity contribution in [1.82, 2.24) is 4.90 Å². The Balaban J connectivity index is 2.69. The van der Waals surface area contributed by atoms with Gasteiger partial charge in [0.25, 0.3) is 0 Å². The molecule has 1 fully saturated rings. The lowest BCUT2D eigenvalue weighted by molar-refractivity contribution is -0.134. The molecule has 1 rings (SSSR count). The molecule has 3 heteroatoms. The zero-order valence-corrected chi connectivity index (χ0v) is 10.9. The van der Waals surface area contributed by atoms with Crippen molar-refractivity contribution in [2.75, 3.05) is 6.54 Å². The first kappa shape index (κ1) is 13.5. The molecule has 1 amide bonds. The minimum atomic E-state index is -0.354. The molecule has 16 heavy (non-hydrogen) atoms. The first-order valence-corrected chi connectivity index (χ1v) is 6.58. The van der Waals surface area contributed by atoms with Crippen molar-refractivity contribution < 1.29 is 4.79 Å². The van der Waals surface area contributed by atoms with Gasteiger partial charge in [0.2, 0.25) is 5.91 Å². The fourth-order valence-electron chi connectivity index (χ4n) is 2.52. The van der Waals surface area contributed by atoms with Crippen LogP contribution in [0.2, 0.25) is 0 Å². The number of likely N-dealkylation sites (tertiary alicyclic amines) is 1. The maximum Gasteiger partial charge on any atom is 0.239 e. The van der Waals surface area contributed by atoms with E-state index in [2.05, 4.69) is 13.8 Å². The van der Waals surface area contributed by atoms with Crippen LogP contribution in [0.3, 0.4) is 0 Å². The van der Waals surface area contributed by atoms with Crippen molar-refractivity contribution in [3.05, 3.63) is 0 Å². The topological polar surface area (TPSA) is 46.3 Å². The van der Waals surface area contributed by atoms with Crippen molar-refractivity contribution in [3.8, 4) is 0 Å². The molecule has 2 N–H and O–H groups in total. The second kappa shape index (κ2) is 6.24. The van der Waals surface area contributed by atoms with E-state index in [9.17, 15) is 4.79 Å². The fourth-order valence-corrected chi connectivity index (χ4v) is 2.52. The molecule has 0 radical (unpaired) electrons. The first-order chi connectivity index (χ1) is 7.52. The van der Waals surface area contributed by atoms with Gasteiger partial charge in [-0.1, -0.05) is 26.7 Å². The molecule has 3 nitrogen and oxygen atoms in total. The summed E-state index contributed by atoms with van der Waals surface area (Å²) >= 11 is 0. The summed E-state index contributed by atoms with van der Waals surface area (Å²) in [7, 11) is 0. The molecule has 0 aromatic rings. The summed E-state index contributed by atoms with van der Waals surface area (Å²) in [6.45, 7) is 7.14. The molecule has 0 aromatic heterocycles. The lowest BCUT2D eigenvalue weighted by Crippen LogP contribution is -2.47. The minimum absolute atomic E-state index is 0.132. The van der Waals surface area contributed by atoms with Crippen LogP contribution in [0, 0.1) is 5.92 Å². The van der Waals surface area contributed by atoms with Gasteiger partial charge in [0.1, 0.15) is 0 Å². The molecule has 1 aliphatic heterocycles. The molecule has 0 bridgehead atoms. The Morgan fingerprint density at radius 1 is 1.31 bits per heavy atom. The number of amides is 1. The van der Waals surface area contributed by atoms with Gasteiger partial charge in [-0.05, 0) is 32.1 Å². The highest BCUT2D eigenvalue weighted by atomic mass is 16.2. The van der Waals surface area contributed by atoms with Crippen LogP contribution in [0.4, 0.5) is 0 Å². The molecular weight excluding hydrogens is 200 g/mol. The summed E-state index contributed by atoms with van der Waals surface area (Å²) in [5, 5.41) is 0. The van der Waals surface area contributed by atoms with Crippen molar-refractivity contribution >= 4 is 5.91 Å². The summed E-state index contributed by atoms with van der Waals surface area (Å²) in [4.78, 5) is 14.1. The van der Waals surface area contributed by atoms with E-state index < -0.39 is 0 Å². The van der Waals surface area contributed by atoms with E-state index in [-0.39, 0.29) is 11.9 Å². The largest absolute Gasteiger partial charge is 0.338 e. The SMILES string of the molecule is CC(C)CC1CCCCCN1C(=O)[C@@H](C)N. The summed E-state index contributed by atoms with van der Waals surface area (Å²) in [6.07, 6.45) is 5.89. The number of nitrogens with two attached hydrogens (primary N) is 1. The summed E-state index contributed by atoms with van der Waals surface area (Å²) in [5.74, 6) is 0.777. The third kappa shape index (κ3) is 3.78. The van der Waals surface area contributed by atoms with E-state index >= 15 is 0 Å². The molecule has 0 aliphatic carbocycles. The Kier molecular flexibility index (Phi) is 5.26. The molecule has 1 unspecified atom stereocenters. The van der Waals surface area contributed by atoms with E-state index in [0.717, 1.165) is 25.8 Å². The number of hydrogen-bond donors (Lipinski definition) is 1. The van der Waals surface area contributed by atoms with Gasteiger partial charge in [0.05, 0.1) is 6.04 Å². The van der Waals surface area contributed by atoms with E-state index in [1.165, 1.54) is 12.8 Å². The molecule has 1 heterocycles. The number of carbonyl (C=O) groups is 1. The second-order valence-electron chi connectivity index (χ2n) is 5.45. The summed E-state index contributed by atoms with van der Waals surface area (Å²) in [6, 6.07) is 0.0637. The maximum absolute atomic E-state index is 12.0. The van der Waals surface area contributed by atoms with Gasteiger partial charge in [-0.25, -0.2) is 0 Å². The van der Waals surface area contributed by atoms with Crippen LogP contribution < -0.4 is 5.73 Å². The Hall–Kier alpha value is -0.570. The van der Waals surface area contributed by atoms with Gasteiger partial charge in [0, 0.05) is 12.6 Å². The van der Waals surface area contributed by atoms with Crippen LogP contribution in [-0.2, 0) is 4.79 Å². The van der Waals surface area contributed by atoms with Crippen LogP contribution >= 0.6 is 0 Å². The van der Waals surface area contributed by atoms with E-state index in [1.807, 2.05) is 4.90 Å². The van der Waals surface area contributed by atoms with Gasteiger partial charge < -0.3 is 10.6 Å². The molecule has 0 saturated carbocycles. The van der Waals surface area contributed by atoms with E-state index in [0.29, 0.717) is 12.0 Å². The molecule has 94 valence electrons. The highest BCUT2D eigenvalue weighted by Crippen LogP contribution is 2.22. The highest BCUT2D eigenvalue weighted by Gasteiger charge is 2.27. The molecule has 1 aliphatic rings. The standard InChI is InChI=1S/C13H26N2O/c1-10(2)9-12-7-5-4-6-8-15(12)13(16)11(3)14/h10-12H,4-9,14H2,1-3H3/t11-,12?/m1/s1. The van der Waals surface area contributed by atoms with Gasteiger partial charge >= 0.3 is 0 Å². The van der Waals surface area contributed by atoms with Gasteiger partial charge in [0.15, 0.2) is 0 Å². The molecule has 2 atom stereocenters. The first-order valence-electron chi connectivity index (χ1n) is 6.58. The highest BCUT2D eigenvalue weighted by molar-refractivity contribution is 5.81. The predicted octanol–water partition coefficient (Wildman–Crippen LogP) is 2.15. The molecule has 1 saturated heterocycles. The van der Waals surface area contributed by atoms with Gasteiger partial charge in [-0.15, -0.1) is 0 Å². The molecular formula is C13H26N2O. The Labute approximate surface area is 99.4 Å². The van der Waals surface area contributed by atoms with Crippen LogP contribution in [-0.4, -0.2) is 29.4 Å². The van der Waals surface area contributed by atoms with Gasteiger partial charge in [-0.2, -0.15) is 0 Å². The maximum atomic E-state index is 12.0. The number of carbonyl (C=O) groups excluding carboxylic acids is 1. The third-order valence-corrected chi connectivity index (χ3v) is 3.29. The summed E-state index contributed by atoms with van der Waals surface area (Å²) < 4.78 is 0. The monoisotopic (exact) mass is 226 g/mol. The van der Waals surface area contributed by atoms with Crippen LogP contribution in [0.15, 0.2) is 0 Å². The summed E-state index contributed by atoms with van der Waals surface area (Å²) in [5.41, 5.74) is 5.72.